The second kappa shape index (κ2) is 7.49. The van der Waals surface area contributed by atoms with Crippen LogP contribution >= 0.6 is 15.9 Å². The van der Waals surface area contributed by atoms with Gasteiger partial charge in [-0.1, -0.05) is 34.1 Å². The minimum atomic E-state index is -0.522. The van der Waals surface area contributed by atoms with Crippen LogP contribution in [0.15, 0.2) is 62.6 Å². The largest absolute Gasteiger partial charge is 0.332 e. The van der Waals surface area contributed by atoms with Crippen molar-refractivity contribution in [2.24, 2.45) is 7.05 Å². The Morgan fingerprint density at radius 1 is 1.06 bits per heavy atom. The molecular formula is C22H19BrFN5O2. The third-order valence-corrected chi connectivity index (χ3v) is 6.17. The van der Waals surface area contributed by atoms with E-state index in [1.807, 2.05) is 33.7 Å². The molecule has 7 nitrogen and oxygen atoms in total. The summed E-state index contributed by atoms with van der Waals surface area (Å²) in [4.78, 5) is 33.1. The molecule has 0 saturated heterocycles. The van der Waals surface area contributed by atoms with Crippen molar-refractivity contribution in [3.8, 4) is 0 Å². The van der Waals surface area contributed by atoms with E-state index < -0.39 is 17.1 Å². The Hall–Kier alpha value is -3.20. The van der Waals surface area contributed by atoms with Crippen molar-refractivity contribution < 1.29 is 4.39 Å². The van der Waals surface area contributed by atoms with Crippen LogP contribution in [0, 0.1) is 5.82 Å². The van der Waals surface area contributed by atoms with E-state index in [2.05, 4.69) is 20.9 Å². The zero-order valence-electron chi connectivity index (χ0n) is 16.8. The van der Waals surface area contributed by atoms with Crippen molar-refractivity contribution in [3.63, 3.8) is 0 Å². The van der Waals surface area contributed by atoms with Gasteiger partial charge in [-0.3, -0.25) is 13.9 Å². The molecule has 3 heterocycles. The number of aryl methyl sites for hydroxylation is 2. The number of rotatable bonds is 3. The topological polar surface area (TPSA) is 65.1 Å². The van der Waals surface area contributed by atoms with Crippen molar-refractivity contribution in [1.29, 1.82) is 0 Å². The molecule has 4 aromatic rings. The van der Waals surface area contributed by atoms with E-state index in [0.29, 0.717) is 23.7 Å². The van der Waals surface area contributed by atoms with Gasteiger partial charge in [-0.2, -0.15) is 4.98 Å². The SMILES string of the molecule is Cn1c(=O)n(Cc2ccccc2F)c(=O)c2c1nc1n2CCCN1c1ccc(Br)cc1. The third-order valence-electron chi connectivity index (χ3n) is 5.64. The lowest BCUT2D eigenvalue weighted by Crippen LogP contribution is -2.40. The predicted octanol–water partition coefficient (Wildman–Crippen LogP) is 3.39. The van der Waals surface area contributed by atoms with Crippen LogP contribution in [0.5, 0.6) is 0 Å². The van der Waals surface area contributed by atoms with Gasteiger partial charge in [0.2, 0.25) is 5.95 Å². The van der Waals surface area contributed by atoms with Crippen molar-refractivity contribution in [3.05, 3.63) is 85.2 Å². The lowest BCUT2D eigenvalue weighted by Gasteiger charge is -2.29. The first kappa shape index (κ1) is 19.7. The molecule has 0 bridgehead atoms. The molecule has 0 radical (unpaired) electrons. The van der Waals surface area contributed by atoms with Crippen LogP contribution in [0.2, 0.25) is 0 Å². The van der Waals surface area contributed by atoms with Gasteiger partial charge in [0, 0.05) is 35.9 Å². The summed E-state index contributed by atoms with van der Waals surface area (Å²) in [5, 5.41) is 0. The van der Waals surface area contributed by atoms with E-state index in [0.717, 1.165) is 27.7 Å². The van der Waals surface area contributed by atoms with E-state index in [4.69, 9.17) is 0 Å². The highest BCUT2D eigenvalue weighted by Gasteiger charge is 2.27. The van der Waals surface area contributed by atoms with Crippen molar-refractivity contribution in [2.75, 3.05) is 11.4 Å². The first-order valence-corrected chi connectivity index (χ1v) is 10.7. The van der Waals surface area contributed by atoms with E-state index in [1.165, 1.54) is 10.6 Å². The summed E-state index contributed by atoms with van der Waals surface area (Å²) < 4.78 is 19.5. The predicted molar refractivity (Wildman–Crippen MR) is 121 cm³/mol. The normalized spacial score (nSPS) is 13.6. The molecule has 0 atom stereocenters. The summed E-state index contributed by atoms with van der Waals surface area (Å²) >= 11 is 3.45. The molecule has 0 N–H and O–H groups in total. The summed E-state index contributed by atoms with van der Waals surface area (Å²) in [5.74, 6) is 0.174. The fraction of sp³-hybridized carbons (Fsp3) is 0.227. The van der Waals surface area contributed by atoms with E-state index >= 15 is 0 Å². The Balaban J connectivity index is 1.71. The van der Waals surface area contributed by atoms with E-state index in [-0.39, 0.29) is 12.1 Å². The van der Waals surface area contributed by atoms with Crippen LogP contribution in [0.4, 0.5) is 16.0 Å². The van der Waals surface area contributed by atoms with Crippen molar-refractivity contribution in [1.82, 2.24) is 18.7 Å². The Morgan fingerprint density at radius 3 is 2.55 bits per heavy atom. The Labute approximate surface area is 185 Å². The number of benzene rings is 2. The quantitative estimate of drug-likeness (QED) is 0.448. The van der Waals surface area contributed by atoms with Crippen molar-refractivity contribution >= 4 is 38.7 Å². The van der Waals surface area contributed by atoms with Crippen LogP contribution < -0.4 is 16.1 Å². The summed E-state index contributed by atoms with van der Waals surface area (Å²) in [6, 6.07) is 14.0. The number of anilines is 2. The molecule has 0 amide bonds. The summed E-state index contributed by atoms with van der Waals surface area (Å²) in [6.45, 7) is 1.24. The molecule has 2 aromatic carbocycles. The van der Waals surface area contributed by atoms with Crippen molar-refractivity contribution in [2.45, 2.75) is 19.5 Å². The smallest absolute Gasteiger partial charge is 0.312 e. The number of halogens is 2. The minimum Gasteiger partial charge on any atom is -0.312 e. The standard InChI is InChI=1S/C22H19BrFN5O2/c1-26-19-18(20(30)29(22(26)31)13-14-5-2-3-6-17(14)24)28-12-4-11-27(21(28)25-19)16-9-7-15(23)8-10-16/h2-3,5-10H,4,11-13H2,1H3. The van der Waals surface area contributed by atoms with Crippen LogP contribution in [-0.4, -0.2) is 25.2 Å². The first-order chi connectivity index (χ1) is 15.0. The highest BCUT2D eigenvalue weighted by Crippen LogP contribution is 2.31. The van der Waals surface area contributed by atoms with Gasteiger partial charge < -0.3 is 9.47 Å². The lowest BCUT2D eigenvalue weighted by atomic mass is 10.2. The summed E-state index contributed by atoms with van der Waals surface area (Å²) in [6.07, 6.45) is 0.824. The zero-order chi connectivity index (χ0) is 21.7. The molecule has 0 unspecified atom stereocenters. The molecule has 1 aliphatic heterocycles. The molecule has 5 rings (SSSR count). The molecular weight excluding hydrogens is 465 g/mol. The molecule has 0 fully saturated rings. The van der Waals surface area contributed by atoms with Gasteiger partial charge in [0.1, 0.15) is 5.82 Å². The maximum absolute atomic E-state index is 14.2. The number of fused-ring (bicyclic) bond motifs is 3. The number of hydrogen-bond donors (Lipinski definition) is 0. The minimum absolute atomic E-state index is 0.134. The van der Waals surface area contributed by atoms with Gasteiger partial charge in [0.15, 0.2) is 11.2 Å². The molecule has 2 aromatic heterocycles. The zero-order valence-corrected chi connectivity index (χ0v) is 18.3. The number of hydrogen-bond acceptors (Lipinski definition) is 4. The Morgan fingerprint density at radius 2 is 1.81 bits per heavy atom. The van der Waals surface area contributed by atoms with Crippen LogP contribution in [0.1, 0.15) is 12.0 Å². The van der Waals surface area contributed by atoms with Crippen LogP contribution in [0.3, 0.4) is 0 Å². The molecule has 9 heteroatoms. The summed E-state index contributed by atoms with van der Waals surface area (Å²) in [7, 11) is 1.59. The van der Waals surface area contributed by atoms with Crippen LogP contribution in [0.25, 0.3) is 11.2 Å². The van der Waals surface area contributed by atoms with Gasteiger partial charge in [0.05, 0.1) is 6.54 Å². The molecule has 0 saturated carbocycles. The van der Waals surface area contributed by atoms with E-state index in [9.17, 15) is 14.0 Å². The highest BCUT2D eigenvalue weighted by molar-refractivity contribution is 9.10. The molecule has 0 aliphatic carbocycles. The van der Waals surface area contributed by atoms with Gasteiger partial charge in [-0.15, -0.1) is 0 Å². The first-order valence-electron chi connectivity index (χ1n) is 9.92. The Kier molecular flexibility index (Phi) is 4.77. The van der Waals surface area contributed by atoms with Crippen LogP contribution in [-0.2, 0) is 20.1 Å². The average Bonchev–Trinajstić information content (AvgIpc) is 3.17. The second-order valence-corrected chi connectivity index (χ2v) is 8.46. The third kappa shape index (κ3) is 3.20. The molecule has 0 spiro atoms. The van der Waals surface area contributed by atoms with Gasteiger partial charge in [-0.25, -0.2) is 9.18 Å². The average molecular weight is 484 g/mol. The van der Waals surface area contributed by atoms with E-state index in [1.54, 1.807) is 25.2 Å². The maximum Gasteiger partial charge on any atom is 0.332 e. The van der Waals surface area contributed by atoms with Gasteiger partial charge in [-0.05, 0) is 36.8 Å². The number of aromatic nitrogens is 4. The molecule has 158 valence electrons. The fourth-order valence-corrected chi connectivity index (χ4v) is 4.33. The number of nitrogens with zero attached hydrogens (tertiary/aromatic N) is 5. The second-order valence-electron chi connectivity index (χ2n) is 7.54. The monoisotopic (exact) mass is 483 g/mol. The van der Waals surface area contributed by atoms with Gasteiger partial charge >= 0.3 is 5.69 Å². The lowest BCUT2D eigenvalue weighted by molar-refractivity contribution is 0.578. The number of imidazole rings is 1. The summed E-state index contributed by atoms with van der Waals surface area (Å²) in [5.41, 5.74) is 0.949. The molecule has 1 aliphatic rings. The highest BCUT2D eigenvalue weighted by atomic mass is 79.9. The Bertz CT molecular complexity index is 1420. The van der Waals surface area contributed by atoms with Gasteiger partial charge in [0.25, 0.3) is 5.56 Å². The fourth-order valence-electron chi connectivity index (χ4n) is 4.07. The molecule has 31 heavy (non-hydrogen) atoms. The maximum atomic E-state index is 14.2.